The summed E-state index contributed by atoms with van der Waals surface area (Å²) in [6.07, 6.45) is 3.24. The van der Waals surface area contributed by atoms with E-state index in [9.17, 15) is 9.59 Å². The molecule has 136 valence electrons. The minimum absolute atomic E-state index is 0.122. The zero-order valence-corrected chi connectivity index (χ0v) is 14.4. The zero-order chi connectivity index (χ0) is 18.6. The predicted molar refractivity (Wildman–Crippen MR) is 97.7 cm³/mol. The Kier molecular flexibility index (Phi) is 4.57. The van der Waals surface area contributed by atoms with E-state index < -0.39 is 5.76 Å². The summed E-state index contributed by atoms with van der Waals surface area (Å²) in [6, 6.07) is 16.1. The molecule has 0 spiro atoms. The molecule has 0 atom stereocenters. The van der Waals surface area contributed by atoms with Crippen LogP contribution in [0.2, 0.25) is 0 Å². The Labute approximate surface area is 154 Å². The molecule has 3 heterocycles. The van der Waals surface area contributed by atoms with Crippen LogP contribution >= 0.6 is 0 Å². The molecule has 7 nitrogen and oxygen atoms in total. The van der Waals surface area contributed by atoms with Gasteiger partial charge in [0.1, 0.15) is 12.3 Å². The second-order valence-electron chi connectivity index (χ2n) is 6.07. The number of nitrogens with zero attached hydrogens (tertiary/aromatic N) is 3. The molecule has 3 aromatic heterocycles. The van der Waals surface area contributed by atoms with Crippen LogP contribution in [-0.2, 0) is 24.4 Å². The summed E-state index contributed by atoms with van der Waals surface area (Å²) in [5, 5.41) is 0. The van der Waals surface area contributed by atoms with E-state index in [4.69, 9.17) is 8.83 Å². The highest BCUT2D eigenvalue weighted by atomic mass is 16.4. The second kappa shape index (κ2) is 7.33. The third-order valence-corrected chi connectivity index (χ3v) is 4.23. The molecular formula is C20H17N3O4. The molecule has 0 radical (unpaired) electrons. The SMILES string of the molecule is O=C(Cn1c(=O)oc2ccccc21)N(Cc1ccccn1)Cc1ccco1. The molecule has 1 amide bonds. The Morgan fingerprint density at radius 3 is 2.67 bits per heavy atom. The lowest BCUT2D eigenvalue weighted by molar-refractivity contribution is -0.133. The molecule has 4 aromatic rings. The number of fused-ring (bicyclic) bond motifs is 1. The highest BCUT2D eigenvalue weighted by molar-refractivity contribution is 5.79. The Morgan fingerprint density at radius 1 is 1.04 bits per heavy atom. The van der Waals surface area contributed by atoms with Gasteiger partial charge in [-0.3, -0.25) is 14.3 Å². The minimum atomic E-state index is -0.555. The van der Waals surface area contributed by atoms with Crippen molar-refractivity contribution in [2.75, 3.05) is 0 Å². The molecule has 1 aromatic carbocycles. The lowest BCUT2D eigenvalue weighted by Gasteiger charge is -2.21. The summed E-state index contributed by atoms with van der Waals surface area (Å²) in [7, 11) is 0. The van der Waals surface area contributed by atoms with Gasteiger partial charge in [-0.15, -0.1) is 0 Å². The number of furan rings is 1. The summed E-state index contributed by atoms with van der Waals surface area (Å²) in [4.78, 5) is 31.0. The number of amides is 1. The number of aromatic nitrogens is 2. The van der Waals surface area contributed by atoms with Crippen molar-refractivity contribution in [2.45, 2.75) is 19.6 Å². The molecule has 0 fully saturated rings. The number of hydrogen-bond donors (Lipinski definition) is 0. The van der Waals surface area contributed by atoms with Crippen LogP contribution in [0.4, 0.5) is 0 Å². The Balaban J connectivity index is 1.61. The summed E-state index contributed by atoms with van der Waals surface area (Å²) in [6.45, 7) is 0.473. The van der Waals surface area contributed by atoms with Gasteiger partial charge in [-0.05, 0) is 36.4 Å². The van der Waals surface area contributed by atoms with Crippen molar-refractivity contribution >= 4 is 17.0 Å². The number of benzene rings is 1. The van der Waals surface area contributed by atoms with E-state index in [1.54, 1.807) is 53.8 Å². The van der Waals surface area contributed by atoms with E-state index in [1.165, 1.54) is 4.57 Å². The lowest BCUT2D eigenvalue weighted by Crippen LogP contribution is -2.35. The fourth-order valence-corrected chi connectivity index (χ4v) is 2.91. The van der Waals surface area contributed by atoms with Gasteiger partial charge >= 0.3 is 5.76 Å². The van der Waals surface area contributed by atoms with E-state index in [0.717, 1.165) is 5.69 Å². The first-order valence-electron chi connectivity index (χ1n) is 8.49. The molecule has 0 unspecified atom stereocenters. The van der Waals surface area contributed by atoms with Crippen molar-refractivity contribution in [3.8, 4) is 0 Å². The summed E-state index contributed by atoms with van der Waals surface area (Å²) in [5.74, 6) is -0.130. The minimum Gasteiger partial charge on any atom is -0.467 e. The van der Waals surface area contributed by atoms with Gasteiger partial charge in [0.2, 0.25) is 5.91 Å². The standard InChI is InChI=1S/C20H17N3O4/c24-19(14-23-17-8-1-2-9-18(17)27-20(23)25)22(13-16-7-5-11-26-16)12-15-6-3-4-10-21-15/h1-11H,12-14H2. The Hall–Kier alpha value is -3.61. The van der Waals surface area contributed by atoms with Crippen LogP contribution < -0.4 is 5.76 Å². The van der Waals surface area contributed by atoms with E-state index in [0.29, 0.717) is 23.4 Å². The van der Waals surface area contributed by atoms with E-state index in [1.807, 2.05) is 18.2 Å². The summed E-state index contributed by atoms with van der Waals surface area (Å²) >= 11 is 0. The monoisotopic (exact) mass is 363 g/mol. The first-order chi connectivity index (χ1) is 13.2. The molecular weight excluding hydrogens is 346 g/mol. The predicted octanol–water partition coefficient (Wildman–Crippen LogP) is 2.81. The molecule has 0 aliphatic rings. The highest BCUT2D eigenvalue weighted by Gasteiger charge is 2.20. The number of para-hydroxylation sites is 2. The molecule has 0 saturated carbocycles. The smallest absolute Gasteiger partial charge is 0.420 e. The average Bonchev–Trinajstić information content (AvgIpc) is 3.30. The Bertz CT molecular complexity index is 1100. The molecule has 0 aliphatic heterocycles. The molecule has 27 heavy (non-hydrogen) atoms. The van der Waals surface area contributed by atoms with E-state index >= 15 is 0 Å². The van der Waals surface area contributed by atoms with Crippen LogP contribution in [0.15, 0.2) is 80.7 Å². The van der Waals surface area contributed by atoms with Gasteiger partial charge in [0, 0.05) is 6.20 Å². The number of hydrogen-bond acceptors (Lipinski definition) is 5. The van der Waals surface area contributed by atoms with Crippen LogP contribution in [0.3, 0.4) is 0 Å². The zero-order valence-electron chi connectivity index (χ0n) is 14.4. The van der Waals surface area contributed by atoms with Gasteiger partial charge in [0.15, 0.2) is 5.58 Å². The topological polar surface area (TPSA) is 81.5 Å². The molecule has 0 aliphatic carbocycles. The normalized spacial score (nSPS) is 11.0. The van der Waals surface area contributed by atoms with E-state index in [2.05, 4.69) is 4.98 Å². The quantitative estimate of drug-likeness (QED) is 0.526. The fourth-order valence-electron chi connectivity index (χ4n) is 2.91. The van der Waals surface area contributed by atoms with Crippen molar-refractivity contribution in [3.05, 3.63) is 89.1 Å². The molecule has 0 bridgehead atoms. The van der Waals surface area contributed by atoms with Crippen LogP contribution in [0.5, 0.6) is 0 Å². The number of oxazole rings is 1. The highest BCUT2D eigenvalue weighted by Crippen LogP contribution is 2.14. The van der Waals surface area contributed by atoms with E-state index in [-0.39, 0.29) is 19.0 Å². The van der Waals surface area contributed by atoms with Gasteiger partial charge in [-0.25, -0.2) is 4.79 Å². The van der Waals surface area contributed by atoms with Gasteiger partial charge in [-0.1, -0.05) is 18.2 Å². The number of carbonyl (C=O) groups excluding carboxylic acids is 1. The fraction of sp³-hybridized carbons (Fsp3) is 0.150. The molecule has 0 N–H and O–H groups in total. The largest absolute Gasteiger partial charge is 0.467 e. The van der Waals surface area contributed by atoms with Gasteiger partial charge in [0.25, 0.3) is 0 Å². The van der Waals surface area contributed by atoms with Crippen LogP contribution in [0.25, 0.3) is 11.1 Å². The van der Waals surface area contributed by atoms with Crippen molar-refractivity contribution in [1.82, 2.24) is 14.5 Å². The maximum atomic E-state index is 13.0. The molecule has 7 heteroatoms. The van der Waals surface area contributed by atoms with Crippen molar-refractivity contribution in [1.29, 1.82) is 0 Å². The molecule has 4 rings (SSSR count). The molecule has 0 saturated heterocycles. The van der Waals surface area contributed by atoms with Gasteiger partial charge < -0.3 is 13.7 Å². The maximum absolute atomic E-state index is 13.0. The first kappa shape index (κ1) is 16.8. The lowest BCUT2D eigenvalue weighted by atomic mass is 10.3. The van der Waals surface area contributed by atoms with Crippen LogP contribution in [0, 0.1) is 0 Å². The number of carbonyl (C=O) groups is 1. The van der Waals surface area contributed by atoms with Crippen molar-refractivity contribution in [2.24, 2.45) is 0 Å². The Morgan fingerprint density at radius 2 is 1.89 bits per heavy atom. The number of pyridine rings is 1. The van der Waals surface area contributed by atoms with Crippen LogP contribution in [0.1, 0.15) is 11.5 Å². The summed E-state index contributed by atoms with van der Waals surface area (Å²) < 4.78 is 11.9. The van der Waals surface area contributed by atoms with Gasteiger partial charge in [-0.2, -0.15) is 0 Å². The summed E-state index contributed by atoms with van der Waals surface area (Å²) in [5.41, 5.74) is 1.80. The third kappa shape index (κ3) is 3.67. The first-order valence-corrected chi connectivity index (χ1v) is 8.49. The number of rotatable bonds is 6. The third-order valence-electron chi connectivity index (χ3n) is 4.23. The maximum Gasteiger partial charge on any atom is 0.420 e. The second-order valence-corrected chi connectivity index (χ2v) is 6.07. The van der Waals surface area contributed by atoms with Gasteiger partial charge in [0.05, 0.1) is 30.6 Å². The van der Waals surface area contributed by atoms with Crippen LogP contribution in [-0.4, -0.2) is 20.4 Å². The van der Waals surface area contributed by atoms with Crippen molar-refractivity contribution < 1.29 is 13.6 Å². The average molecular weight is 363 g/mol. The van der Waals surface area contributed by atoms with Crippen molar-refractivity contribution in [3.63, 3.8) is 0 Å².